The van der Waals surface area contributed by atoms with Crippen LogP contribution in [0.15, 0.2) is 23.4 Å². The summed E-state index contributed by atoms with van der Waals surface area (Å²) in [7, 11) is 0. The molecular weight excluding hydrogens is 318 g/mol. The highest BCUT2D eigenvalue weighted by atomic mass is 16.6. The van der Waals surface area contributed by atoms with Crippen molar-refractivity contribution in [2.75, 3.05) is 51.5 Å². The standard InChI is InChI=1S/C15H23N3O6/c1-2-6-22-8-10-24-11-9-23-7-5-16-14-4-3-13(17-19)12-15(14)18(20)21/h3-4,12,16H,2,5-11H2,1H3. The van der Waals surface area contributed by atoms with E-state index in [1.54, 1.807) is 0 Å². The van der Waals surface area contributed by atoms with E-state index in [-0.39, 0.29) is 11.4 Å². The number of anilines is 1. The second-order valence-electron chi connectivity index (χ2n) is 4.81. The molecule has 9 heteroatoms. The van der Waals surface area contributed by atoms with Gasteiger partial charge in [0.1, 0.15) is 11.4 Å². The predicted octanol–water partition coefficient (Wildman–Crippen LogP) is 2.86. The van der Waals surface area contributed by atoms with Crippen molar-refractivity contribution in [2.24, 2.45) is 5.18 Å². The summed E-state index contributed by atoms with van der Waals surface area (Å²) in [6.45, 7) is 5.57. The van der Waals surface area contributed by atoms with Crippen LogP contribution in [-0.2, 0) is 14.2 Å². The highest BCUT2D eigenvalue weighted by Gasteiger charge is 2.14. The van der Waals surface area contributed by atoms with Gasteiger partial charge in [-0.15, -0.1) is 4.91 Å². The fourth-order valence-corrected chi connectivity index (χ4v) is 1.82. The van der Waals surface area contributed by atoms with Gasteiger partial charge in [0.2, 0.25) is 0 Å². The fourth-order valence-electron chi connectivity index (χ4n) is 1.82. The van der Waals surface area contributed by atoms with Crippen molar-refractivity contribution in [3.63, 3.8) is 0 Å². The van der Waals surface area contributed by atoms with Gasteiger partial charge in [-0.05, 0) is 23.7 Å². The summed E-state index contributed by atoms with van der Waals surface area (Å²) < 4.78 is 15.9. The SMILES string of the molecule is CCCOCCOCCOCCNc1ccc(N=O)cc1[N+](=O)[O-]. The Hall–Kier alpha value is -2.10. The maximum absolute atomic E-state index is 11.0. The number of nitro benzene ring substituents is 1. The molecule has 0 saturated heterocycles. The number of nitrogens with zero attached hydrogens (tertiary/aromatic N) is 2. The number of nitrogens with one attached hydrogen (secondary N) is 1. The quantitative estimate of drug-likeness (QED) is 0.239. The summed E-state index contributed by atoms with van der Waals surface area (Å²) >= 11 is 0. The minimum Gasteiger partial charge on any atom is -0.379 e. The third-order valence-electron chi connectivity index (χ3n) is 2.94. The summed E-state index contributed by atoms with van der Waals surface area (Å²) in [6, 6.07) is 4.00. The largest absolute Gasteiger partial charge is 0.379 e. The van der Waals surface area contributed by atoms with Gasteiger partial charge < -0.3 is 19.5 Å². The van der Waals surface area contributed by atoms with E-state index in [4.69, 9.17) is 14.2 Å². The molecule has 9 nitrogen and oxygen atoms in total. The summed E-state index contributed by atoms with van der Waals surface area (Å²) in [6.07, 6.45) is 0.989. The molecule has 0 atom stereocenters. The molecule has 0 unspecified atom stereocenters. The lowest BCUT2D eigenvalue weighted by atomic mass is 10.2. The summed E-state index contributed by atoms with van der Waals surface area (Å²) in [4.78, 5) is 20.8. The zero-order chi connectivity index (χ0) is 17.6. The number of ether oxygens (including phenoxy) is 3. The van der Waals surface area contributed by atoms with E-state index in [1.165, 1.54) is 12.1 Å². The number of rotatable bonds is 14. The molecule has 1 aromatic rings. The van der Waals surface area contributed by atoms with E-state index in [1.807, 2.05) is 6.92 Å². The van der Waals surface area contributed by atoms with E-state index in [0.717, 1.165) is 19.1 Å². The Balaban J connectivity index is 2.15. The van der Waals surface area contributed by atoms with E-state index < -0.39 is 4.92 Å². The van der Waals surface area contributed by atoms with Gasteiger partial charge >= 0.3 is 0 Å². The number of nitro groups is 1. The first-order valence-corrected chi connectivity index (χ1v) is 7.78. The first kappa shape index (κ1) is 19.9. The topological polar surface area (TPSA) is 112 Å². The molecule has 0 fully saturated rings. The Labute approximate surface area is 140 Å². The zero-order valence-electron chi connectivity index (χ0n) is 13.7. The zero-order valence-corrected chi connectivity index (χ0v) is 13.7. The van der Waals surface area contributed by atoms with Crippen molar-refractivity contribution in [1.82, 2.24) is 0 Å². The van der Waals surface area contributed by atoms with Gasteiger partial charge in [-0.2, -0.15) is 0 Å². The third-order valence-corrected chi connectivity index (χ3v) is 2.94. The van der Waals surface area contributed by atoms with Gasteiger partial charge in [0.15, 0.2) is 0 Å². The molecular formula is C15H23N3O6. The number of hydrogen-bond acceptors (Lipinski definition) is 8. The Morgan fingerprint density at radius 1 is 1.08 bits per heavy atom. The van der Waals surface area contributed by atoms with Crippen LogP contribution in [0.2, 0.25) is 0 Å². The Kier molecular flexibility index (Phi) is 10.3. The van der Waals surface area contributed by atoms with Gasteiger partial charge in [-0.1, -0.05) is 6.92 Å². The third kappa shape index (κ3) is 7.95. The lowest BCUT2D eigenvalue weighted by molar-refractivity contribution is -0.383. The van der Waals surface area contributed by atoms with E-state index in [0.29, 0.717) is 45.3 Å². The molecule has 0 aromatic heterocycles. The summed E-state index contributed by atoms with van der Waals surface area (Å²) in [5, 5.41) is 16.5. The molecule has 0 aliphatic carbocycles. The van der Waals surface area contributed by atoms with Crippen LogP contribution in [0.3, 0.4) is 0 Å². The second-order valence-corrected chi connectivity index (χ2v) is 4.81. The lowest BCUT2D eigenvalue weighted by Gasteiger charge is -2.08. The molecule has 0 amide bonds. The Morgan fingerprint density at radius 3 is 2.29 bits per heavy atom. The predicted molar refractivity (Wildman–Crippen MR) is 89.8 cm³/mol. The van der Waals surface area contributed by atoms with Gasteiger partial charge in [0.25, 0.3) is 5.69 Å². The normalized spacial score (nSPS) is 10.5. The minimum atomic E-state index is -0.563. The molecule has 1 N–H and O–H groups in total. The molecule has 0 heterocycles. The van der Waals surface area contributed by atoms with Crippen molar-refractivity contribution in [3.05, 3.63) is 33.2 Å². The van der Waals surface area contributed by atoms with Gasteiger partial charge in [-0.25, -0.2) is 0 Å². The van der Waals surface area contributed by atoms with Crippen LogP contribution in [0, 0.1) is 15.0 Å². The molecule has 0 spiro atoms. The maximum Gasteiger partial charge on any atom is 0.294 e. The van der Waals surface area contributed by atoms with Crippen molar-refractivity contribution in [1.29, 1.82) is 0 Å². The molecule has 0 aliphatic rings. The van der Waals surface area contributed by atoms with E-state index in [9.17, 15) is 15.0 Å². The van der Waals surface area contributed by atoms with E-state index >= 15 is 0 Å². The maximum atomic E-state index is 11.0. The smallest absolute Gasteiger partial charge is 0.294 e. The fraction of sp³-hybridized carbons (Fsp3) is 0.600. The summed E-state index contributed by atoms with van der Waals surface area (Å²) in [5.74, 6) is 0. The van der Waals surface area contributed by atoms with Crippen LogP contribution in [-0.4, -0.2) is 51.1 Å². The van der Waals surface area contributed by atoms with Gasteiger partial charge in [0, 0.05) is 19.2 Å². The number of nitroso groups, excluding NO2 is 1. The van der Waals surface area contributed by atoms with Crippen LogP contribution >= 0.6 is 0 Å². The molecule has 0 aliphatic heterocycles. The van der Waals surface area contributed by atoms with Crippen LogP contribution in [0.4, 0.5) is 17.1 Å². The van der Waals surface area contributed by atoms with E-state index in [2.05, 4.69) is 10.5 Å². The van der Waals surface area contributed by atoms with Crippen molar-refractivity contribution >= 4 is 17.1 Å². The van der Waals surface area contributed by atoms with Crippen LogP contribution < -0.4 is 5.32 Å². The highest BCUT2D eigenvalue weighted by molar-refractivity contribution is 5.66. The average Bonchev–Trinajstić information content (AvgIpc) is 2.59. The molecule has 0 saturated carbocycles. The average molecular weight is 341 g/mol. The summed E-state index contributed by atoms with van der Waals surface area (Å²) in [5.41, 5.74) is 0.145. The van der Waals surface area contributed by atoms with Gasteiger partial charge in [-0.3, -0.25) is 10.1 Å². The molecule has 1 rings (SSSR count). The first-order chi connectivity index (χ1) is 11.7. The van der Waals surface area contributed by atoms with Crippen LogP contribution in [0.1, 0.15) is 13.3 Å². The molecule has 0 radical (unpaired) electrons. The Morgan fingerprint density at radius 2 is 1.71 bits per heavy atom. The van der Waals surface area contributed by atoms with Crippen molar-refractivity contribution in [2.45, 2.75) is 13.3 Å². The molecule has 1 aromatic carbocycles. The van der Waals surface area contributed by atoms with Crippen LogP contribution in [0.25, 0.3) is 0 Å². The lowest BCUT2D eigenvalue weighted by Crippen LogP contribution is -2.14. The minimum absolute atomic E-state index is 0.0172. The second kappa shape index (κ2) is 12.3. The number of benzene rings is 1. The van der Waals surface area contributed by atoms with Crippen LogP contribution in [0.5, 0.6) is 0 Å². The first-order valence-electron chi connectivity index (χ1n) is 7.78. The monoisotopic (exact) mass is 341 g/mol. The van der Waals surface area contributed by atoms with Gasteiger partial charge in [0.05, 0.1) is 38.0 Å². The van der Waals surface area contributed by atoms with Crippen molar-refractivity contribution in [3.8, 4) is 0 Å². The molecule has 24 heavy (non-hydrogen) atoms. The highest BCUT2D eigenvalue weighted by Crippen LogP contribution is 2.28. The number of hydrogen-bond donors (Lipinski definition) is 1. The van der Waals surface area contributed by atoms with Crippen molar-refractivity contribution < 1.29 is 19.1 Å². The molecule has 134 valence electrons. The Bertz CT molecular complexity index is 512. The molecule has 0 bridgehead atoms.